The molecule has 2 aliphatic heterocycles. The second kappa shape index (κ2) is 8.10. The summed E-state index contributed by atoms with van der Waals surface area (Å²) in [4.78, 5) is 13.1. The number of para-hydroxylation sites is 2. The maximum Gasteiger partial charge on any atom is 0.264 e. The molecule has 1 atom stereocenters. The monoisotopic (exact) mass is 382 g/mol. The highest BCUT2D eigenvalue weighted by Crippen LogP contribution is 2.31. The zero-order valence-electron chi connectivity index (χ0n) is 16.1. The van der Waals surface area contributed by atoms with Crippen LogP contribution < -0.4 is 24.8 Å². The van der Waals surface area contributed by atoms with Crippen molar-refractivity contribution in [3.05, 3.63) is 54.1 Å². The van der Waals surface area contributed by atoms with E-state index in [4.69, 9.17) is 14.2 Å². The number of nitrogens with one attached hydrogen (secondary N) is 2. The fraction of sp³-hybridized carbons (Fsp3) is 0.409. The molecule has 4 rings (SSSR count). The summed E-state index contributed by atoms with van der Waals surface area (Å²) in [6.45, 7) is 4.30. The summed E-state index contributed by atoms with van der Waals surface area (Å²) in [5.41, 5.74) is 0.291. The number of piperidine rings is 1. The lowest BCUT2D eigenvalue weighted by atomic mass is 9.90. The molecule has 0 aromatic heterocycles. The third-order valence-corrected chi connectivity index (χ3v) is 5.22. The second-order valence-corrected chi connectivity index (χ2v) is 7.37. The van der Waals surface area contributed by atoms with E-state index in [1.165, 1.54) is 0 Å². The number of amides is 1. The molecule has 1 saturated heterocycles. The van der Waals surface area contributed by atoms with Gasteiger partial charge in [-0.05, 0) is 44.3 Å². The SMILES string of the molecule is Cc1ccc(OC2(C(=O)NC[C@@H]3COc4ccccc4O3)CCNCC2)cc1. The lowest BCUT2D eigenvalue weighted by Gasteiger charge is -2.37. The average molecular weight is 382 g/mol. The molecule has 0 spiro atoms. The molecule has 2 N–H and O–H groups in total. The van der Waals surface area contributed by atoms with Crippen LogP contribution in [0.25, 0.3) is 0 Å². The average Bonchev–Trinajstić information content (AvgIpc) is 2.74. The van der Waals surface area contributed by atoms with Crippen LogP contribution in [0.3, 0.4) is 0 Å². The van der Waals surface area contributed by atoms with Gasteiger partial charge in [0.15, 0.2) is 17.1 Å². The molecule has 148 valence electrons. The van der Waals surface area contributed by atoms with Crippen molar-refractivity contribution >= 4 is 5.91 Å². The van der Waals surface area contributed by atoms with Crippen LogP contribution in [-0.2, 0) is 4.79 Å². The Labute approximate surface area is 165 Å². The van der Waals surface area contributed by atoms with Gasteiger partial charge < -0.3 is 24.8 Å². The first-order valence-corrected chi connectivity index (χ1v) is 9.78. The predicted molar refractivity (Wildman–Crippen MR) is 106 cm³/mol. The van der Waals surface area contributed by atoms with Crippen molar-refractivity contribution in [2.45, 2.75) is 31.5 Å². The Morgan fingerprint density at radius 3 is 2.61 bits per heavy atom. The maximum absolute atomic E-state index is 13.1. The molecule has 6 nitrogen and oxygen atoms in total. The van der Waals surface area contributed by atoms with Gasteiger partial charge in [0.2, 0.25) is 0 Å². The van der Waals surface area contributed by atoms with Crippen LogP contribution in [0, 0.1) is 6.92 Å². The standard InChI is InChI=1S/C22H26N2O4/c1-16-6-8-17(9-7-16)28-22(10-12-23-13-11-22)21(25)24-14-18-15-26-19-4-2-3-5-20(19)27-18/h2-9,18,23H,10-15H2,1H3,(H,24,25)/t18-/m1/s1. The highest BCUT2D eigenvalue weighted by atomic mass is 16.6. The van der Waals surface area contributed by atoms with E-state index >= 15 is 0 Å². The van der Waals surface area contributed by atoms with Crippen molar-refractivity contribution in [2.24, 2.45) is 0 Å². The summed E-state index contributed by atoms with van der Waals surface area (Å²) in [5.74, 6) is 2.06. The van der Waals surface area contributed by atoms with Crippen molar-refractivity contribution in [3.63, 3.8) is 0 Å². The first-order chi connectivity index (χ1) is 13.6. The minimum Gasteiger partial charge on any atom is -0.486 e. The van der Waals surface area contributed by atoms with E-state index in [1.54, 1.807) is 0 Å². The van der Waals surface area contributed by atoms with E-state index in [1.807, 2.05) is 55.5 Å². The molecule has 2 heterocycles. The van der Waals surface area contributed by atoms with Crippen LogP contribution in [0.1, 0.15) is 18.4 Å². The van der Waals surface area contributed by atoms with E-state index in [0.717, 1.165) is 24.4 Å². The molecule has 2 aromatic rings. The van der Waals surface area contributed by atoms with Gasteiger partial charge in [0.1, 0.15) is 18.5 Å². The van der Waals surface area contributed by atoms with Crippen LogP contribution in [0.4, 0.5) is 0 Å². The normalized spacial score (nSPS) is 20.2. The van der Waals surface area contributed by atoms with Crippen molar-refractivity contribution in [1.29, 1.82) is 0 Å². The van der Waals surface area contributed by atoms with Crippen molar-refractivity contribution in [2.75, 3.05) is 26.2 Å². The largest absolute Gasteiger partial charge is 0.486 e. The van der Waals surface area contributed by atoms with Crippen LogP contribution in [0.2, 0.25) is 0 Å². The number of fused-ring (bicyclic) bond motifs is 1. The van der Waals surface area contributed by atoms with E-state index in [9.17, 15) is 4.79 Å². The summed E-state index contributed by atoms with van der Waals surface area (Å²) in [6.07, 6.45) is 1.02. The van der Waals surface area contributed by atoms with Crippen LogP contribution in [0.5, 0.6) is 17.2 Å². The Morgan fingerprint density at radius 1 is 1.14 bits per heavy atom. The first kappa shape index (κ1) is 18.6. The van der Waals surface area contributed by atoms with E-state index in [-0.39, 0.29) is 12.0 Å². The van der Waals surface area contributed by atoms with Crippen LogP contribution in [-0.4, -0.2) is 43.9 Å². The summed E-state index contributed by atoms with van der Waals surface area (Å²) in [7, 11) is 0. The van der Waals surface area contributed by atoms with Gasteiger partial charge in [-0.15, -0.1) is 0 Å². The number of rotatable bonds is 5. The second-order valence-electron chi connectivity index (χ2n) is 7.37. The maximum atomic E-state index is 13.1. The zero-order chi connectivity index (χ0) is 19.4. The summed E-state index contributed by atoms with van der Waals surface area (Å²) >= 11 is 0. The first-order valence-electron chi connectivity index (χ1n) is 9.78. The minimum absolute atomic E-state index is 0.1000. The van der Waals surface area contributed by atoms with E-state index < -0.39 is 5.60 Å². The molecule has 0 saturated carbocycles. The van der Waals surface area contributed by atoms with Gasteiger partial charge in [0.05, 0.1) is 6.54 Å². The molecule has 0 bridgehead atoms. The molecule has 0 radical (unpaired) electrons. The highest BCUT2D eigenvalue weighted by Gasteiger charge is 2.42. The number of carbonyl (C=O) groups is 1. The number of aryl methyl sites for hydroxylation is 1. The van der Waals surface area contributed by atoms with Crippen LogP contribution in [0.15, 0.2) is 48.5 Å². The van der Waals surface area contributed by atoms with Crippen LogP contribution >= 0.6 is 0 Å². The Hall–Kier alpha value is -2.73. The van der Waals surface area contributed by atoms with Gasteiger partial charge in [0.25, 0.3) is 5.91 Å². The lowest BCUT2D eigenvalue weighted by molar-refractivity contribution is -0.139. The fourth-order valence-corrected chi connectivity index (χ4v) is 3.57. The highest BCUT2D eigenvalue weighted by molar-refractivity contribution is 5.85. The van der Waals surface area contributed by atoms with Gasteiger partial charge in [-0.2, -0.15) is 0 Å². The number of carbonyl (C=O) groups excluding carboxylic acids is 1. The smallest absolute Gasteiger partial charge is 0.264 e. The molecule has 1 fully saturated rings. The Morgan fingerprint density at radius 2 is 1.86 bits per heavy atom. The molecule has 2 aliphatic rings. The minimum atomic E-state index is -0.867. The topological polar surface area (TPSA) is 68.8 Å². The van der Waals surface area contributed by atoms with Gasteiger partial charge in [-0.3, -0.25) is 4.79 Å². The summed E-state index contributed by atoms with van der Waals surface area (Å²) in [5, 5.41) is 6.33. The summed E-state index contributed by atoms with van der Waals surface area (Å²) in [6, 6.07) is 15.4. The van der Waals surface area contributed by atoms with Crippen molar-refractivity contribution < 1.29 is 19.0 Å². The molecule has 0 aliphatic carbocycles. The number of ether oxygens (including phenoxy) is 3. The molecule has 0 unspecified atom stereocenters. The molecule has 6 heteroatoms. The van der Waals surface area contributed by atoms with Crippen molar-refractivity contribution in [3.8, 4) is 17.2 Å². The fourth-order valence-electron chi connectivity index (χ4n) is 3.57. The Balaban J connectivity index is 1.41. The number of benzene rings is 2. The van der Waals surface area contributed by atoms with Gasteiger partial charge in [0, 0.05) is 12.8 Å². The van der Waals surface area contributed by atoms with Gasteiger partial charge >= 0.3 is 0 Å². The molecular weight excluding hydrogens is 356 g/mol. The van der Waals surface area contributed by atoms with Crippen molar-refractivity contribution in [1.82, 2.24) is 10.6 Å². The van der Waals surface area contributed by atoms with Gasteiger partial charge in [-0.25, -0.2) is 0 Å². The summed E-state index contributed by atoms with van der Waals surface area (Å²) < 4.78 is 17.9. The quantitative estimate of drug-likeness (QED) is 0.831. The number of hydrogen-bond acceptors (Lipinski definition) is 5. The molecule has 2 aromatic carbocycles. The lowest BCUT2D eigenvalue weighted by Crippen LogP contribution is -2.58. The van der Waals surface area contributed by atoms with Gasteiger partial charge in [-0.1, -0.05) is 29.8 Å². The number of hydrogen-bond donors (Lipinski definition) is 2. The third-order valence-electron chi connectivity index (χ3n) is 5.22. The van der Waals surface area contributed by atoms with E-state index in [2.05, 4.69) is 10.6 Å². The zero-order valence-corrected chi connectivity index (χ0v) is 16.1. The van der Waals surface area contributed by atoms with E-state index in [0.29, 0.717) is 37.5 Å². The third kappa shape index (κ3) is 4.07. The molecular formula is C22H26N2O4. The predicted octanol–water partition coefficient (Wildman–Crippen LogP) is 2.45. The molecule has 1 amide bonds. The molecule has 28 heavy (non-hydrogen) atoms. The Bertz CT molecular complexity index is 816. The Kier molecular flexibility index (Phi) is 5.39.